The summed E-state index contributed by atoms with van der Waals surface area (Å²) in [5.41, 5.74) is 5.94. The summed E-state index contributed by atoms with van der Waals surface area (Å²) in [7, 11) is 0.853. The van der Waals surface area contributed by atoms with Gasteiger partial charge in [-0.3, -0.25) is 9.78 Å². The quantitative estimate of drug-likeness (QED) is 0.509. The van der Waals surface area contributed by atoms with E-state index in [4.69, 9.17) is 5.73 Å². The Morgan fingerprint density at radius 3 is 2.38 bits per heavy atom. The largest absolute Gasteiger partial charge is 0.417 e. The van der Waals surface area contributed by atoms with E-state index in [0.29, 0.717) is 28.5 Å². The van der Waals surface area contributed by atoms with Crippen LogP contribution in [-0.2, 0) is 17.5 Å². The number of hydrogen-bond acceptors (Lipinski definition) is 5. The van der Waals surface area contributed by atoms with Gasteiger partial charge in [-0.15, -0.1) is 0 Å². The zero-order chi connectivity index (χ0) is 25.3. The summed E-state index contributed by atoms with van der Waals surface area (Å²) in [5.74, 6) is -0.487. The zero-order valence-electron chi connectivity index (χ0n) is 18.0. The van der Waals surface area contributed by atoms with Crippen molar-refractivity contribution in [3.05, 3.63) is 65.0 Å². The molecule has 0 aliphatic carbocycles. The van der Waals surface area contributed by atoms with Crippen molar-refractivity contribution >= 4 is 22.6 Å². The van der Waals surface area contributed by atoms with Crippen LogP contribution in [0.2, 0.25) is 0 Å². The summed E-state index contributed by atoms with van der Waals surface area (Å²) in [4.78, 5) is 21.9. The predicted octanol–water partition coefficient (Wildman–Crippen LogP) is 4.76. The van der Waals surface area contributed by atoms with Gasteiger partial charge in [0.05, 0.1) is 29.9 Å². The maximum Gasteiger partial charge on any atom is 0.417 e. The Labute approximate surface area is 190 Å². The minimum Gasteiger partial charge on any atom is -0.383 e. The van der Waals surface area contributed by atoms with Crippen LogP contribution in [0.25, 0.3) is 10.9 Å². The standard InChI is InChI=1S/C22H20F6N4O2/c1-12-7-14-8-13(3-6-17(14)31-19(12)29)20(33)32(11-18(34-2)22(26,27)28)10-16-5-4-15(9-30-16)21(23,24)25/h3-9,18H,10-11H2,1-2H3,(H2,29,31)/t18-/m1/s1. The number of aromatic nitrogens is 2. The number of rotatable bonds is 6. The number of alkyl halides is 6. The van der Waals surface area contributed by atoms with E-state index < -0.39 is 43.0 Å². The number of fused-ring (bicyclic) bond motifs is 1. The second kappa shape index (κ2) is 9.45. The average Bonchev–Trinajstić information content (AvgIpc) is 2.75. The lowest BCUT2D eigenvalue weighted by atomic mass is 10.1. The van der Waals surface area contributed by atoms with E-state index in [2.05, 4.69) is 14.7 Å². The number of amides is 1. The molecule has 3 aromatic rings. The summed E-state index contributed by atoms with van der Waals surface area (Å²) in [5, 5.41) is 0.546. The van der Waals surface area contributed by atoms with Crippen molar-refractivity contribution in [2.75, 3.05) is 19.4 Å². The molecule has 1 aromatic carbocycles. The number of aryl methyl sites for hydroxylation is 1. The number of halogens is 6. The molecule has 182 valence electrons. The van der Waals surface area contributed by atoms with E-state index in [1.54, 1.807) is 13.0 Å². The highest BCUT2D eigenvalue weighted by Crippen LogP contribution is 2.29. The second-order valence-corrected chi connectivity index (χ2v) is 7.59. The van der Waals surface area contributed by atoms with Gasteiger partial charge in [0.15, 0.2) is 6.10 Å². The lowest BCUT2D eigenvalue weighted by Crippen LogP contribution is -2.44. The number of benzene rings is 1. The molecule has 2 aromatic heterocycles. The smallest absolute Gasteiger partial charge is 0.383 e. The van der Waals surface area contributed by atoms with Crippen LogP contribution in [0.5, 0.6) is 0 Å². The number of carbonyl (C=O) groups excluding carboxylic acids is 1. The molecule has 0 fully saturated rings. The molecule has 12 heteroatoms. The molecule has 0 bridgehead atoms. The minimum absolute atomic E-state index is 0.0237. The summed E-state index contributed by atoms with van der Waals surface area (Å²) in [6, 6.07) is 7.79. The number of anilines is 1. The van der Waals surface area contributed by atoms with Crippen molar-refractivity contribution in [2.24, 2.45) is 0 Å². The Balaban J connectivity index is 1.96. The van der Waals surface area contributed by atoms with E-state index in [0.717, 1.165) is 24.1 Å². The molecule has 2 N–H and O–H groups in total. The van der Waals surface area contributed by atoms with Crippen LogP contribution in [0, 0.1) is 6.92 Å². The Hall–Kier alpha value is -3.41. The number of pyridine rings is 2. The van der Waals surface area contributed by atoms with Gasteiger partial charge < -0.3 is 15.4 Å². The first-order chi connectivity index (χ1) is 15.8. The van der Waals surface area contributed by atoms with Gasteiger partial charge in [0, 0.05) is 24.3 Å². The van der Waals surface area contributed by atoms with Gasteiger partial charge >= 0.3 is 12.4 Å². The van der Waals surface area contributed by atoms with Crippen LogP contribution in [0.1, 0.15) is 27.2 Å². The first-order valence-electron chi connectivity index (χ1n) is 9.87. The molecule has 0 aliphatic heterocycles. The first-order valence-corrected chi connectivity index (χ1v) is 9.87. The van der Waals surface area contributed by atoms with E-state index in [1.807, 2.05) is 0 Å². The van der Waals surface area contributed by atoms with E-state index >= 15 is 0 Å². The predicted molar refractivity (Wildman–Crippen MR) is 112 cm³/mol. The molecule has 0 radical (unpaired) electrons. The SMILES string of the molecule is CO[C@H](CN(Cc1ccc(C(F)(F)F)cn1)C(=O)c1ccc2nc(N)c(C)cc2c1)C(F)(F)F. The topological polar surface area (TPSA) is 81.3 Å². The van der Waals surface area contributed by atoms with Crippen LogP contribution in [0.15, 0.2) is 42.6 Å². The summed E-state index contributed by atoms with van der Waals surface area (Å²) >= 11 is 0. The first kappa shape index (κ1) is 25.2. The highest BCUT2D eigenvalue weighted by molar-refractivity contribution is 5.98. The van der Waals surface area contributed by atoms with Crippen LogP contribution in [0.3, 0.4) is 0 Å². The van der Waals surface area contributed by atoms with Crippen molar-refractivity contribution in [3.8, 4) is 0 Å². The molecule has 0 aliphatic rings. The molecule has 3 rings (SSSR count). The van der Waals surface area contributed by atoms with Gasteiger partial charge in [-0.25, -0.2) is 4.98 Å². The fourth-order valence-electron chi connectivity index (χ4n) is 3.23. The van der Waals surface area contributed by atoms with Crippen LogP contribution in [-0.4, -0.2) is 46.7 Å². The zero-order valence-corrected chi connectivity index (χ0v) is 18.0. The third-order valence-electron chi connectivity index (χ3n) is 5.12. The minimum atomic E-state index is -4.78. The monoisotopic (exact) mass is 486 g/mol. The van der Waals surface area contributed by atoms with Crippen molar-refractivity contribution < 1.29 is 35.9 Å². The maximum atomic E-state index is 13.3. The molecular formula is C22H20F6N4O2. The average molecular weight is 486 g/mol. The number of hydrogen-bond donors (Lipinski definition) is 1. The van der Waals surface area contributed by atoms with Gasteiger partial charge in [-0.1, -0.05) is 0 Å². The third-order valence-corrected chi connectivity index (χ3v) is 5.12. The lowest BCUT2D eigenvalue weighted by molar-refractivity contribution is -0.215. The Morgan fingerprint density at radius 2 is 1.82 bits per heavy atom. The Morgan fingerprint density at radius 1 is 1.12 bits per heavy atom. The molecule has 2 heterocycles. The normalized spacial score (nSPS) is 13.2. The van der Waals surface area contributed by atoms with Crippen molar-refractivity contribution in [2.45, 2.75) is 31.9 Å². The van der Waals surface area contributed by atoms with Crippen LogP contribution < -0.4 is 5.73 Å². The number of ether oxygens (including phenoxy) is 1. The molecule has 1 atom stereocenters. The van der Waals surface area contributed by atoms with Crippen molar-refractivity contribution in [1.29, 1.82) is 0 Å². The third kappa shape index (κ3) is 5.74. The number of methoxy groups -OCH3 is 1. The lowest BCUT2D eigenvalue weighted by Gasteiger charge is -2.28. The summed E-state index contributed by atoms with van der Waals surface area (Å²) in [6.07, 6.45) is -11.2. The summed E-state index contributed by atoms with van der Waals surface area (Å²) < 4.78 is 82.9. The van der Waals surface area contributed by atoms with Crippen molar-refractivity contribution in [3.63, 3.8) is 0 Å². The van der Waals surface area contributed by atoms with E-state index in [1.165, 1.54) is 18.2 Å². The number of nitrogen functional groups attached to an aromatic ring is 1. The van der Waals surface area contributed by atoms with Crippen molar-refractivity contribution in [1.82, 2.24) is 14.9 Å². The van der Waals surface area contributed by atoms with Gasteiger partial charge in [0.25, 0.3) is 5.91 Å². The van der Waals surface area contributed by atoms with Gasteiger partial charge in [-0.05, 0) is 48.9 Å². The van der Waals surface area contributed by atoms with Gasteiger partial charge in [0.1, 0.15) is 5.82 Å². The van der Waals surface area contributed by atoms with E-state index in [9.17, 15) is 31.1 Å². The highest BCUT2D eigenvalue weighted by Gasteiger charge is 2.42. The molecule has 0 spiro atoms. The molecule has 0 unspecified atom stereocenters. The van der Waals surface area contributed by atoms with Crippen LogP contribution >= 0.6 is 0 Å². The fourth-order valence-corrected chi connectivity index (χ4v) is 3.23. The number of carbonyl (C=O) groups is 1. The number of nitrogens with zero attached hydrogens (tertiary/aromatic N) is 3. The second-order valence-electron chi connectivity index (χ2n) is 7.59. The highest BCUT2D eigenvalue weighted by atomic mass is 19.4. The molecule has 0 saturated carbocycles. The van der Waals surface area contributed by atoms with Gasteiger partial charge in [-0.2, -0.15) is 26.3 Å². The molecule has 6 nitrogen and oxygen atoms in total. The van der Waals surface area contributed by atoms with Crippen LogP contribution in [0.4, 0.5) is 32.2 Å². The van der Waals surface area contributed by atoms with Gasteiger partial charge in [0.2, 0.25) is 0 Å². The molecule has 1 amide bonds. The van der Waals surface area contributed by atoms with E-state index in [-0.39, 0.29) is 11.3 Å². The molecular weight excluding hydrogens is 466 g/mol. The fraction of sp³-hybridized carbons (Fsp3) is 0.318. The summed E-state index contributed by atoms with van der Waals surface area (Å²) in [6.45, 7) is 0.355. The maximum absolute atomic E-state index is 13.3. The molecule has 34 heavy (non-hydrogen) atoms. The number of nitrogens with two attached hydrogens (primary N) is 1. The Kier molecular flexibility index (Phi) is 7.01. The Bertz CT molecular complexity index is 1180. The molecule has 0 saturated heterocycles.